The van der Waals surface area contributed by atoms with E-state index >= 15 is 0 Å². The Labute approximate surface area is 120 Å². The minimum absolute atomic E-state index is 0.147. The summed E-state index contributed by atoms with van der Waals surface area (Å²) >= 11 is 6.06. The second-order valence-electron chi connectivity index (χ2n) is 5.40. The van der Waals surface area contributed by atoms with E-state index in [4.69, 9.17) is 11.6 Å². The largest absolute Gasteiger partial charge is 0.334 e. The summed E-state index contributed by atoms with van der Waals surface area (Å²) < 4.78 is 0. The Morgan fingerprint density at radius 1 is 1.32 bits per heavy atom. The number of hydrogen-bond acceptors (Lipinski definition) is 1. The van der Waals surface area contributed by atoms with Crippen LogP contribution in [0.3, 0.4) is 0 Å². The number of benzene rings is 1. The average molecular weight is 280 g/mol. The maximum absolute atomic E-state index is 12.8. The molecule has 1 aliphatic heterocycles. The van der Waals surface area contributed by atoms with Gasteiger partial charge in [-0.1, -0.05) is 25.0 Å². The van der Waals surface area contributed by atoms with Crippen LogP contribution in [-0.2, 0) is 0 Å². The average Bonchev–Trinajstić information content (AvgIpc) is 2.66. The van der Waals surface area contributed by atoms with Gasteiger partial charge < -0.3 is 4.90 Å². The molecule has 1 aromatic carbocycles. The fourth-order valence-corrected chi connectivity index (χ4v) is 3.06. The molecule has 0 N–H and O–H groups in total. The summed E-state index contributed by atoms with van der Waals surface area (Å²) in [5, 5.41) is 0. The molecule has 1 aromatic rings. The molecule has 0 aromatic heterocycles. The molecule has 19 heavy (non-hydrogen) atoms. The molecule has 1 fully saturated rings. The molecule has 1 unspecified atom stereocenters. The third-order valence-corrected chi connectivity index (χ3v) is 4.51. The molecule has 1 saturated heterocycles. The molecule has 2 rings (SSSR count). The molecule has 0 saturated carbocycles. The number of alkyl halides is 1. The van der Waals surface area contributed by atoms with Gasteiger partial charge in [0.2, 0.25) is 0 Å². The summed E-state index contributed by atoms with van der Waals surface area (Å²) in [6.07, 6.45) is 4.49. The maximum Gasteiger partial charge on any atom is 0.254 e. The number of hydrogen-bond donors (Lipinski definition) is 0. The van der Waals surface area contributed by atoms with E-state index in [1.54, 1.807) is 0 Å². The van der Waals surface area contributed by atoms with E-state index in [9.17, 15) is 4.79 Å². The van der Waals surface area contributed by atoms with Gasteiger partial charge in [0.1, 0.15) is 0 Å². The van der Waals surface area contributed by atoms with Crippen molar-refractivity contribution in [3.8, 4) is 0 Å². The molecule has 1 amide bonds. The number of aryl methyl sites for hydroxylation is 1. The predicted molar refractivity (Wildman–Crippen MR) is 79.9 cm³/mol. The second kappa shape index (κ2) is 6.42. The van der Waals surface area contributed by atoms with Gasteiger partial charge >= 0.3 is 0 Å². The zero-order chi connectivity index (χ0) is 13.8. The molecule has 0 aliphatic carbocycles. The fraction of sp³-hybridized carbons (Fsp3) is 0.562. The molecule has 0 radical (unpaired) electrons. The maximum atomic E-state index is 12.8. The molecule has 1 atom stereocenters. The molecule has 0 bridgehead atoms. The lowest BCUT2D eigenvalue weighted by Crippen LogP contribution is -2.41. The third kappa shape index (κ3) is 3.11. The first kappa shape index (κ1) is 14.4. The molecule has 1 heterocycles. The fourth-order valence-electron chi connectivity index (χ4n) is 2.74. The number of carbonyl (C=O) groups is 1. The lowest BCUT2D eigenvalue weighted by Gasteiger charge is -2.29. The number of likely N-dealkylation sites (tertiary alicyclic amines) is 1. The Morgan fingerprint density at radius 2 is 2.11 bits per heavy atom. The van der Waals surface area contributed by atoms with E-state index in [1.165, 1.54) is 18.4 Å². The minimum Gasteiger partial charge on any atom is -0.334 e. The quantitative estimate of drug-likeness (QED) is 0.751. The van der Waals surface area contributed by atoms with Gasteiger partial charge in [-0.3, -0.25) is 4.79 Å². The molecule has 3 heteroatoms. The first-order valence-corrected chi connectivity index (χ1v) is 7.61. The Bertz CT molecular complexity index is 458. The highest BCUT2D eigenvalue weighted by Crippen LogP contribution is 2.22. The number of carbonyl (C=O) groups excluding carboxylic acids is 1. The standard InChI is InChI=1S/C16H22ClNO/c1-12-7-6-9-15(13(12)2)16(19)18-10-5-3-4-8-14(18)11-17/h6-7,9,14H,3-5,8,10-11H2,1-2H3. The summed E-state index contributed by atoms with van der Waals surface area (Å²) in [5.74, 6) is 0.685. The SMILES string of the molecule is Cc1cccc(C(=O)N2CCCCCC2CCl)c1C. The van der Waals surface area contributed by atoms with Crippen molar-refractivity contribution in [3.63, 3.8) is 0 Å². The summed E-state index contributed by atoms with van der Waals surface area (Å²) in [7, 11) is 0. The highest BCUT2D eigenvalue weighted by molar-refractivity contribution is 6.18. The number of halogens is 1. The summed E-state index contributed by atoms with van der Waals surface area (Å²) in [6.45, 7) is 4.91. The highest BCUT2D eigenvalue weighted by atomic mass is 35.5. The Morgan fingerprint density at radius 3 is 2.84 bits per heavy atom. The van der Waals surface area contributed by atoms with Gasteiger partial charge in [-0.05, 0) is 43.9 Å². The summed E-state index contributed by atoms with van der Waals surface area (Å²) in [6, 6.07) is 6.13. The molecular formula is C16H22ClNO. The summed E-state index contributed by atoms with van der Waals surface area (Å²) in [5.41, 5.74) is 3.09. The van der Waals surface area contributed by atoms with E-state index in [0.29, 0.717) is 5.88 Å². The predicted octanol–water partition coefficient (Wildman–Crippen LogP) is 3.93. The van der Waals surface area contributed by atoms with Crippen LogP contribution in [0.5, 0.6) is 0 Å². The van der Waals surface area contributed by atoms with Crippen LogP contribution in [0.2, 0.25) is 0 Å². The van der Waals surface area contributed by atoms with Crippen molar-refractivity contribution in [2.24, 2.45) is 0 Å². The summed E-state index contributed by atoms with van der Waals surface area (Å²) in [4.78, 5) is 14.8. The van der Waals surface area contributed by atoms with Gasteiger partial charge in [0, 0.05) is 24.0 Å². The monoisotopic (exact) mass is 279 g/mol. The van der Waals surface area contributed by atoms with E-state index in [-0.39, 0.29) is 11.9 Å². The number of rotatable bonds is 2. The van der Waals surface area contributed by atoms with Crippen LogP contribution in [0.4, 0.5) is 0 Å². The van der Waals surface area contributed by atoms with E-state index in [1.807, 2.05) is 36.9 Å². The second-order valence-corrected chi connectivity index (χ2v) is 5.71. The number of nitrogens with zero attached hydrogens (tertiary/aromatic N) is 1. The van der Waals surface area contributed by atoms with Crippen molar-refractivity contribution in [2.45, 2.75) is 45.6 Å². The zero-order valence-corrected chi connectivity index (χ0v) is 12.5. The van der Waals surface area contributed by atoms with Crippen LogP contribution in [-0.4, -0.2) is 29.3 Å². The van der Waals surface area contributed by atoms with Gasteiger partial charge in [0.15, 0.2) is 0 Å². The van der Waals surface area contributed by atoms with Gasteiger partial charge in [0.25, 0.3) is 5.91 Å². The lowest BCUT2D eigenvalue weighted by molar-refractivity contribution is 0.0699. The molecule has 104 valence electrons. The minimum atomic E-state index is 0.147. The Balaban J connectivity index is 2.28. The first-order chi connectivity index (χ1) is 9.15. The highest BCUT2D eigenvalue weighted by Gasteiger charge is 2.26. The number of amides is 1. The molecular weight excluding hydrogens is 258 g/mol. The normalized spacial score (nSPS) is 20.2. The van der Waals surface area contributed by atoms with Crippen molar-refractivity contribution in [1.29, 1.82) is 0 Å². The van der Waals surface area contributed by atoms with Crippen LogP contribution in [0.15, 0.2) is 18.2 Å². The zero-order valence-electron chi connectivity index (χ0n) is 11.8. The first-order valence-electron chi connectivity index (χ1n) is 7.08. The van der Waals surface area contributed by atoms with Crippen LogP contribution in [0, 0.1) is 13.8 Å². The van der Waals surface area contributed by atoms with Crippen molar-refractivity contribution in [1.82, 2.24) is 4.90 Å². The smallest absolute Gasteiger partial charge is 0.254 e. The van der Waals surface area contributed by atoms with Crippen LogP contribution in [0.25, 0.3) is 0 Å². The van der Waals surface area contributed by atoms with Crippen LogP contribution in [0.1, 0.15) is 47.2 Å². The van der Waals surface area contributed by atoms with Gasteiger partial charge in [-0.2, -0.15) is 0 Å². The van der Waals surface area contributed by atoms with Crippen molar-refractivity contribution in [2.75, 3.05) is 12.4 Å². The van der Waals surface area contributed by atoms with Gasteiger partial charge in [-0.25, -0.2) is 0 Å². The van der Waals surface area contributed by atoms with Crippen molar-refractivity contribution < 1.29 is 4.79 Å². The molecule has 2 nitrogen and oxygen atoms in total. The van der Waals surface area contributed by atoms with Crippen LogP contribution >= 0.6 is 11.6 Å². The van der Waals surface area contributed by atoms with Crippen molar-refractivity contribution in [3.05, 3.63) is 34.9 Å². The molecule has 1 aliphatic rings. The lowest BCUT2D eigenvalue weighted by atomic mass is 10.0. The van der Waals surface area contributed by atoms with E-state index < -0.39 is 0 Å². The Kier molecular flexibility index (Phi) is 4.87. The van der Waals surface area contributed by atoms with Gasteiger partial charge in [-0.15, -0.1) is 11.6 Å². The Hall–Kier alpha value is -1.02. The third-order valence-electron chi connectivity index (χ3n) is 4.15. The molecule has 0 spiro atoms. The van der Waals surface area contributed by atoms with E-state index in [2.05, 4.69) is 0 Å². The van der Waals surface area contributed by atoms with E-state index in [0.717, 1.165) is 30.5 Å². The van der Waals surface area contributed by atoms with Crippen molar-refractivity contribution >= 4 is 17.5 Å². The topological polar surface area (TPSA) is 20.3 Å². The van der Waals surface area contributed by atoms with Crippen LogP contribution < -0.4 is 0 Å². The van der Waals surface area contributed by atoms with Gasteiger partial charge in [0.05, 0.1) is 0 Å².